The van der Waals surface area contributed by atoms with Crippen molar-refractivity contribution in [3.8, 4) is 0 Å². The molecule has 3 rings (SSSR count). The number of hydrogen-bond acceptors (Lipinski definition) is 4. The molecule has 1 fully saturated rings. The van der Waals surface area contributed by atoms with Gasteiger partial charge in [-0.05, 0) is 55.7 Å². The highest BCUT2D eigenvalue weighted by Crippen LogP contribution is 2.30. The summed E-state index contributed by atoms with van der Waals surface area (Å²) in [6.45, 7) is 2.47. The van der Waals surface area contributed by atoms with E-state index < -0.39 is 10.0 Å². The Morgan fingerprint density at radius 1 is 1.26 bits per heavy atom. The number of rotatable bonds is 4. The summed E-state index contributed by atoms with van der Waals surface area (Å²) in [6.07, 6.45) is 2.54. The van der Waals surface area contributed by atoms with Crippen LogP contribution in [-0.2, 0) is 14.8 Å². The number of hydrogen-bond donors (Lipinski definition) is 1. The van der Waals surface area contributed by atoms with Crippen molar-refractivity contribution >= 4 is 49.3 Å². The second kappa shape index (κ2) is 8.26. The molecule has 144 valence electrons. The molecular weight excluding hydrogens is 454 g/mol. The Kier molecular flexibility index (Phi) is 6.20. The molecule has 1 aromatic carbocycles. The fourth-order valence-electron chi connectivity index (χ4n) is 3.01. The van der Waals surface area contributed by atoms with Gasteiger partial charge in [0.25, 0.3) is 0 Å². The van der Waals surface area contributed by atoms with E-state index >= 15 is 0 Å². The number of anilines is 1. The van der Waals surface area contributed by atoms with Crippen LogP contribution in [0.15, 0.2) is 45.9 Å². The molecule has 2 heterocycles. The van der Waals surface area contributed by atoms with Crippen LogP contribution in [0.2, 0.25) is 5.02 Å². The number of halogens is 2. The zero-order valence-corrected chi connectivity index (χ0v) is 17.8. The van der Waals surface area contributed by atoms with E-state index in [1.807, 2.05) is 13.0 Å². The average molecular weight is 473 g/mol. The van der Waals surface area contributed by atoms with Crippen molar-refractivity contribution in [2.45, 2.75) is 24.7 Å². The fraction of sp³-hybridized carbons (Fsp3) is 0.333. The van der Waals surface area contributed by atoms with Gasteiger partial charge in [0, 0.05) is 29.7 Å². The maximum Gasteiger partial charge on any atom is 0.244 e. The highest BCUT2D eigenvalue weighted by atomic mass is 79.9. The van der Waals surface area contributed by atoms with Gasteiger partial charge in [0.15, 0.2) is 0 Å². The summed E-state index contributed by atoms with van der Waals surface area (Å²) in [5.41, 5.74) is 1.01. The van der Waals surface area contributed by atoms with E-state index in [4.69, 9.17) is 11.6 Å². The molecule has 0 saturated carbocycles. The first-order chi connectivity index (χ1) is 12.8. The number of amides is 1. The molecule has 0 radical (unpaired) electrons. The number of pyridine rings is 1. The average Bonchev–Trinajstić information content (AvgIpc) is 2.61. The van der Waals surface area contributed by atoms with Gasteiger partial charge in [-0.2, -0.15) is 4.31 Å². The molecule has 1 aliphatic heterocycles. The van der Waals surface area contributed by atoms with Crippen LogP contribution in [0.25, 0.3) is 0 Å². The molecular formula is C18H19BrClN3O3S. The summed E-state index contributed by atoms with van der Waals surface area (Å²) < 4.78 is 27.8. The lowest BCUT2D eigenvalue weighted by molar-refractivity contribution is -0.120. The maximum atomic E-state index is 12.8. The van der Waals surface area contributed by atoms with E-state index in [-0.39, 0.29) is 34.8 Å². The Labute approximate surface area is 172 Å². The van der Waals surface area contributed by atoms with Gasteiger partial charge in [0.05, 0.1) is 5.02 Å². The molecule has 0 bridgehead atoms. The number of nitrogens with zero attached hydrogens (tertiary/aromatic N) is 2. The first-order valence-corrected chi connectivity index (χ1v) is 11.1. The van der Waals surface area contributed by atoms with Gasteiger partial charge in [0.1, 0.15) is 10.7 Å². The van der Waals surface area contributed by atoms with Crippen LogP contribution in [0.1, 0.15) is 18.4 Å². The van der Waals surface area contributed by atoms with Crippen LogP contribution in [0, 0.1) is 12.8 Å². The van der Waals surface area contributed by atoms with Gasteiger partial charge in [0.2, 0.25) is 15.9 Å². The summed E-state index contributed by atoms with van der Waals surface area (Å²) in [5, 5.41) is 2.98. The number of piperidine rings is 1. The molecule has 0 unspecified atom stereocenters. The quantitative estimate of drug-likeness (QED) is 0.733. The Hall–Kier alpha value is -1.48. The van der Waals surface area contributed by atoms with E-state index in [0.29, 0.717) is 23.1 Å². The highest BCUT2D eigenvalue weighted by molar-refractivity contribution is 9.10. The summed E-state index contributed by atoms with van der Waals surface area (Å²) >= 11 is 9.38. The topological polar surface area (TPSA) is 79.4 Å². The Morgan fingerprint density at radius 2 is 1.96 bits per heavy atom. The molecule has 1 aromatic heterocycles. The van der Waals surface area contributed by atoms with Gasteiger partial charge in [-0.15, -0.1) is 0 Å². The van der Waals surface area contributed by atoms with Crippen molar-refractivity contribution in [1.82, 2.24) is 9.29 Å². The number of benzene rings is 1. The van der Waals surface area contributed by atoms with E-state index in [0.717, 1.165) is 5.56 Å². The van der Waals surface area contributed by atoms with E-state index in [2.05, 4.69) is 26.2 Å². The Bertz CT molecular complexity index is 960. The van der Waals surface area contributed by atoms with Crippen molar-refractivity contribution in [2.75, 3.05) is 18.4 Å². The summed E-state index contributed by atoms with van der Waals surface area (Å²) in [5.74, 6) is 0.127. The summed E-state index contributed by atoms with van der Waals surface area (Å²) in [4.78, 5) is 16.7. The minimum Gasteiger partial charge on any atom is -0.310 e. The number of carbonyl (C=O) groups is 1. The molecule has 1 amide bonds. The third-order valence-electron chi connectivity index (χ3n) is 4.50. The van der Waals surface area contributed by atoms with E-state index in [1.54, 1.807) is 24.4 Å². The lowest BCUT2D eigenvalue weighted by atomic mass is 9.97. The minimum atomic E-state index is -3.69. The molecule has 1 saturated heterocycles. The van der Waals surface area contributed by atoms with Gasteiger partial charge in [-0.3, -0.25) is 4.79 Å². The second-order valence-corrected chi connectivity index (χ2v) is 9.69. The van der Waals surface area contributed by atoms with Gasteiger partial charge >= 0.3 is 0 Å². The maximum absolute atomic E-state index is 12.8. The second-order valence-electron chi connectivity index (χ2n) is 6.46. The van der Waals surface area contributed by atoms with Crippen LogP contribution < -0.4 is 5.32 Å². The van der Waals surface area contributed by atoms with Crippen LogP contribution in [0.5, 0.6) is 0 Å². The first-order valence-electron chi connectivity index (χ1n) is 8.46. The fourth-order valence-corrected chi connectivity index (χ4v) is 5.50. The van der Waals surface area contributed by atoms with E-state index in [1.165, 1.54) is 10.4 Å². The highest BCUT2D eigenvalue weighted by Gasteiger charge is 2.33. The molecule has 6 nitrogen and oxygen atoms in total. The van der Waals surface area contributed by atoms with Crippen molar-refractivity contribution in [2.24, 2.45) is 5.92 Å². The Balaban J connectivity index is 1.65. The molecule has 2 aromatic rings. The lowest BCUT2D eigenvalue weighted by Crippen LogP contribution is -2.41. The molecule has 27 heavy (non-hydrogen) atoms. The van der Waals surface area contributed by atoms with Crippen molar-refractivity contribution in [3.63, 3.8) is 0 Å². The molecule has 1 N–H and O–H groups in total. The molecule has 9 heteroatoms. The zero-order chi connectivity index (χ0) is 19.6. The third-order valence-corrected chi connectivity index (χ3v) is 7.38. The van der Waals surface area contributed by atoms with Crippen LogP contribution in [-0.4, -0.2) is 36.7 Å². The Morgan fingerprint density at radius 3 is 2.59 bits per heavy atom. The summed E-state index contributed by atoms with van der Waals surface area (Å²) in [6, 6.07) is 8.35. The molecule has 1 aliphatic rings. The number of nitrogens with one attached hydrogen (secondary N) is 1. The zero-order valence-electron chi connectivity index (χ0n) is 14.7. The largest absolute Gasteiger partial charge is 0.310 e. The monoisotopic (exact) mass is 471 g/mol. The van der Waals surface area contributed by atoms with Crippen LogP contribution >= 0.6 is 27.5 Å². The standard InChI is InChI=1S/C18H19BrClN3O3S/c1-12-4-7-21-17(10-12)22-18(24)13-5-8-23(9-6-13)27(25,26)16-3-2-14(19)11-15(16)20/h2-4,7,10-11,13H,5-6,8-9H2,1H3,(H,21,22,24). The molecule has 0 aliphatic carbocycles. The number of sulfonamides is 1. The smallest absolute Gasteiger partial charge is 0.244 e. The summed E-state index contributed by atoms with van der Waals surface area (Å²) in [7, 11) is -3.69. The molecule has 0 spiro atoms. The molecule has 0 atom stereocenters. The minimum absolute atomic E-state index is 0.0826. The van der Waals surface area contributed by atoms with Crippen LogP contribution in [0.3, 0.4) is 0 Å². The van der Waals surface area contributed by atoms with Crippen molar-refractivity contribution < 1.29 is 13.2 Å². The number of carbonyl (C=O) groups excluding carboxylic acids is 1. The van der Waals surface area contributed by atoms with Crippen molar-refractivity contribution in [1.29, 1.82) is 0 Å². The predicted molar refractivity (Wildman–Crippen MR) is 108 cm³/mol. The van der Waals surface area contributed by atoms with Crippen molar-refractivity contribution in [3.05, 3.63) is 51.6 Å². The van der Waals surface area contributed by atoms with Crippen LogP contribution in [0.4, 0.5) is 5.82 Å². The van der Waals surface area contributed by atoms with Gasteiger partial charge in [-0.25, -0.2) is 13.4 Å². The van der Waals surface area contributed by atoms with Gasteiger partial charge in [-0.1, -0.05) is 27.5 Å². The lowest BCUT2D eigenvalue weighted by Gasteiger charge is -2.30. The predicted octanol–water partition coefficient (Wildman–Crippen LogP) is 3.85. The normalized spacial score (nSPS) is 16.3. The van der Waals surface area contributed by atoms with E-state index in [9.17, 15) is 13.2 Å². The number of aryl methyl sites for hydroxylation is 1. The SMILES string of the molecule is Cc1ccnc(NC(=O)C2CCN(S(=O)(=O)c3ccc(Br)cc3Cl)CC2)c1. The first kappa shape index (κ1) is 20.3. The third kappa shape index (κ3) is 4.68. The number of aromatic nitrogens is 1. The van der Waals surface area contributed by atoms with Gasteiger partial charge < -0.3 is 5.32 Å².